The number of halogens is 1. The Labute approximate surface area is 124 Å². The molecular formula is C12H22ClN3O2S. The maximum Gasteiger partial charge on any atom is 0.246 e. The van der Waals surface area contributed by atoms with Crippen molar-refractivity contribution in [3.05, 3.63) is 0 Å². The average molecular weight is 308 g/mol. The van der Waals surface area contributed by atoms with Gasteiger partial charge < -0.3 is 15.5 Å². The molecule has 2 aliphatic rings. The van der Waals surface area contributed by atoms with E-state index in [9.17, 15) is 9.59 Å². The summed E-state index contributed by atoms with van der Waals surface area (Å²) in [6.07, 6.45) is 0.974. The van der Waals surface area contributed by atoms with Crippen LogP contribution >= 0.6 is 24.2 Å². The van der Waals surface area contributed by atoms with E-state index in [-0.39, 0.29) is 36.3 Å². The highest BCUT2D eigenvalue weighted by molar-refractivity contribution is 7.99. The smallest absolute Gasteiger partial charge is 0.246 e. The lowest BCUT2D eigenvalue weighted by molar-refractivity contribution is -0.142. The van der Waals surface area contributed by atoms with E-state index < -0.39 is 0 Å². The SMILES string of the molecule is CC(=O)N1CSCC1C(=O)N1CC(CN)CC1C.Cl. The van der Waals surface area contributed by atoms with E-state index in [1.165, 1.54) is 6.92 Å². The highest BCUT2D eigenvalue weighted by Gasteiger charge is 2.40. The molecule has 5 nitrogen and oxygen atoms in total. The maximum atomic E-state index is 12.5. The van der Waals surface area contributed by atoms with Crippen molar-refractivity contribution < 1.29 is 9.59 Å². The van der Waals surface area contributed by atoms with Crippen molar-refractivity contribution in [2.75, 3.05) is 24.7 Å². The second-order valence-electron chi connectivity index (χ2n) is 5.18. The van der Waals surface area contributed by atoms with Gasteiger partial charge in [-0.05, 0) is 25.8 Å². The van der Waals surface area contributed by atoms with Gasteiger partial charge in [0, 0.05) is 25.3 Å². The summed E-state index contributed by atoms with van der Waals surface area (Å²) in [5.74, 6) is 1.84. The van der Waals surface area contributed by atoms with Crippen LogP contribution in [0.2, 0.25) is 0 Å². The van der Waals surface area contributed by atoms with Gasteiger partial charge in [-0.1, -0.05) is 0 Å². The van der Waals surface area contributed by atoms with Gasteiger partial charge in [0.15, 0.2) is 0 Å². The molecule has 0 aromatic carbocycles. The molecule has 0 spiro atoms. The molecule has 0 bridgehead atoms. The summed E-state index contributed by atoms with van der Waals surface area (Å²) >= 11 is 1.65. The third-order valence-corrected chi connectivity index (χ3v) is 4.86. The van der Waals surface area contributed by atoms with E-state index in [2.05, 4.69) is 6.92 Å². The van der Waals surface area contributed by atoms with Gasteiger partial charge in [-0.15, -0.1) is 24.2 Å². The summed E-state index contributed by atoms with van der Waals surface area (Å²) < 4.78 is 0. The zero-order chi connectivity index (χ0) is 13.3. The van der Waals surface area contributed by atoms with E-state index in [0.29, 0.717) is 18.3 Å². The predicted octanol–water partition coefficient (Wildman–Crippen LogP) is 0.525. The van der Waals surface area contributed by atoms with Gasteiger partial charge >= 0.3 is 0 Å². The van der Waals surface area contributed by atoms with Gasteiger partial charge in [0.1, 0.15) is 6.04 Å². The fourth-order valence-corrected chi connectivity index (χ4v) is 3.98. The van der Waals surface area contributed by atoms with E-state index >= 15 is 0 Å². The van der Waals surface area contributed by atoms with Crippen molar-refractivity contribution in [3.63, 3.8) is 0 Å². The Hall–Kier alpha value is -0.460. The number of rotatable bonds is 2. The summed E-state index contributed by atoms with van der Waals surface area (Å²) in [5.41, 5.74) is 5.68. The molecule has 0 aromatic heterocycles. The minimum Gasteiger partial charge on any atom is -0.338 e. The third kappa shape index (κ3) is 3.35. The predicted molar refractivity (Wildman–Crippen MR) is 79.2 cm³/mol. The van der Waals surface area contributed by atoms with Crippen molar-refractivity contribution in [2.24, 2.45) is 11.7 Å². The van der Waals surface area contributed by atoms with Crippen molar-refractivity contribution in [1.82, 2.24) is 9.80 Å². The maximum absolute atomic E-state index is 12.5. The normalized spacial score (nSPS) is 30.4. The van der Waals surface area contributed by atoms with Crippen LogP contribution in [0.25, 0.3) is 0 Å². The van der Waals surface area contributed by atoms with Crippen molar-refractivity contribution in [3.8, 4) is 0 Å². The molecule has 2 amide bonds. The molecular weight excluding hydrogens is 286 g/mol. The Morgan fingerprint density at radius 2 is 2.05 bits per heavy atom. The molecule has 3 unspecified atom stereocenters. The number of thioether (sulfide) groups is 1. The van der Waals surface area contributed by atoms with E-state index in [0.717, 1.165) is 18.7 Å². The molecule has 3 atom stereocenters. The van der Waals surface area contributed by atoms with Crippen LogP contribution in [0.4, 0.5) is 0 Å². The van der Waals surface area contributed by atoms with E-state index in [4.69, 9.17) is 5.73 Å². The number of carbonyl (C=O) groups is 2. The number of nitrogens with two attached hydrogens (primary N) is 1. The van der Waals surface area contributed by atoms with Crippen LogP contribution in [0.1, 0.15) is 20.3 Å². The second kappa shape index (κ2) is 6.81. The monoisotopic (exact) mass is 307 g/mol. The standard InChI is InChI=1S/C12H21N3O2S.ClH/c1-8-3-10(4-13)5-14(8)12(17)11-6-18-7-15(11)9(2)16;/h8,10-11H,3-7,13H2,1-2H3;1H. The van der Waals surface area contributed by atoms with Crippen LogP contribution in [0.15, 0.2) is 0 Å². The highest BCUT2D eigenvalue weighted by atomic mass is 35.5. The first-order valence-electron chi connectivity index (χ1n) is 6.40. The number of carbonyl (C=O) groups excluding carboxylic acids is 2. The lowest BCUT2D eigenvalue weighted by Gasteiger charge is -2.29. The molecule has 2 heterocycles. The molecule has 19 heavy (non-hydrogen) atoms. The van der Waals surface area contributed by atoms with Crippen LogP contribution < -0.4 is 5.73 Å². The molecule has 0 aliphatic carbocycles. The summed E-state index contributed by atoms with van der Waals surface area (Å²) in [6.45, 7) is 4.96. The van der Waals surface area contributed by atoms with Gasteiger partial charge in [0.05, 0.1) is 5.88 Å². The van der Waals surface area contributed by atoms with Gasteiger partial charge in [-0.3, -0.25) is 9.59 Å². The molecule has 0 saturated carbocycles. The Kier molecular flexibility index (Phi) is 5.95. The van der Waals surface area contributed by atoms with Gasteiger partial charge in [-0.2, -0.15) is 0 Å². The average Bonchev–Trinajstić information content (AvgIpc) is 2.94. The molecule has 7 heteroatoms. The highest BCUT2D eigenvalue weighted by Crippen LogP contribution is 2.27. The van der Waals surface area contributed by atoms with Crippen LogP contribution in [0.5, 0.6) is 0 Å². The molecule has 110 valence electrons. The number of hydrogen-bond acceptors (Lipinski definition) is 4. The molecule has 2 rings (SSSR count). The van der Waals surface area contributed by atoms with Crippen molar-refractivity contribution >= 4 is 36.0 Å². The summed E-state index contributed by atoms with van der Waals surface area (Å²) in [7, 11) is 0. The minimum atomic E-state index is -0.272. The summed E-state index contributed by atoms with van der Waals surface area (Å²) in [6, 6.07) is -0.0306. The summed E-state index contributed by atoms with van der Waals surface area (Å²) in [4.78, 5) is 27.6. The minimum absolute atomic E-state index is 0. The number of likely N-dealkylation sites (tertiary alicyclic amines) is 1. The van der Waals surface area contributed by atoms with Crippen LogP contribution in [0, 0.1) is 5.92 Å². The molecule has 2 aliphatic heterocycles. The molecule has 2 saturated heterocycles. The first kappa shape index (κ1) is 16.6. The number of amides is 2. The lowest BCUT2D eigenvalue weighted by atomic mass is 10.1. The van der Waals surface area contributed by atoms with Gasteiger partial charge in [0.2, 0.25) is 11.8 Å². The molecule has 2 N–H and O–H groups in total. The fraction of sp³-hybridized carbons (Fsp3) is 0.833. The molecule has 2 fully saturated rings. The molecule has 0 aromatic rings. The zero-order valence-electron chi connectivity index (χ0n) is 11.4. The topological polar surface area (TPSA) is 66.6 Å². The lowest BCUT2D eigenvalue weighted by Crippen LogP contribution is -2.49. The largest absolute Gasteiger partial charge is 0.338 e. The molecule has 0 radical (unpaired) electrons. The van der Waals surface area contributed by atoms with Crippen molar-refractivity contribution in [1.29, 1.82) is 0 Å². The van der Waals surface area contributed by atoms with Gasteiger partial charge in [-0.25, -0.2) is 0 Å². The number of nitrogens with zero attached hydrogens (tertiary/aromatic N) is 2. The zero-order valence-corrected chi connectivity index (χ0v) is 13.0. The first-order valence-corrected chi connectivity index (χ1v) is 7.55. The van der Waals surface area contributed by atoms with E-state index in [1.54, 1.807) is 16.7 Å². The Bertz CT molecular complexity index is 356. The Balaban J connectivity index is 0.00000180. The Morgan fingerprint density at radius 3 is 2.58 bits per heavy atom. The Morgan fingerprint density at radius 1 is 1.37 bits per heavy atom. The first-order chi connectivity index (χ1) is 8.54. The van der Waals surface area contributed by atoms with Gasteiger partial charge in [0.25, 0.3) is 0 Å². The fourth-order valence-electron chi connectivity index (χ4n) is 2.77. The quantitative estimate of drug-likeness (QED) is 0.808. The van der Waals surface area contributed by atoms with E-state index in [1.807, 2.05) is 4.90 Å². The third-order valence-electron chi connectivity index (χ3n) is 3.85. The second-order valence-corrected chi connectivity index (χ2v) is 6.18. The van der Waals surface area contributed by atoms with Crippen LogP contribution in [0.3, 0.4) is 0 Å². The van der Waals surface area contributed by atoms with Crippen LogP contribution in [-0.4, -0.2) is 58.4 Å². The van der Waals surface area contributed by atoms with Crippen LogP contribution in [-0.2, 0) is 9.59 Å². The van der Waals surface area contributed by atoms with Crippen molar-refractivity contribution in [2.45, 2.75) is 32.4 Å². The number of hydrogen-bond donors (Lipinski definition) is 1. The summed E-state index contributed by atoms with van der Waals surface area (Å²) in [5, 5.41) is 0.